The largest absolute Gasteiger partial charge is 0.348 e. The quantitative estimate of drug-likeness (QED) is 0.479. The molecule has 5 heteroatoms. The van der Waals surface area contributed by atoms with Gasteiger partial charge in [-0.05, 0) is 36.4 Å². The molecule has 0 spiro atoms. The number of anilines is 3. The molecular formula is C19H17Cl2N3. The summed E-state index contributed by atoms with van der Waals surface area (Å²) in [5, 5.41) is 11.2. The molecule has 0 amide bonds. The predicted molar refractivity (Wildman–Crippen MR) is 104 cm³/mol. The number of para-hydroxylation sites is 3. The van der Waals surface area contributed by atoms with Crippen LogP contribution in [0, 0.1) is 0 Å². The maximum absolute atomic E-state index is 6.28. The van der Waals surface area contributed by atoms with Crippen molar-refractivity contribution in [2.45, 2.75) is 6.29 Å². The van der Waals surface area contributed by atoms with Crippen LogP contribution in [-0.4, -0.2) is 6.29 Å². The Kier molecular flexibility index (Phi) is 5.47. The van der Waals surface area contributed by atoms with Crippen LogP contribution in [-0.2, 0) is 0 Å². The van der Waals surface area contributed by atoms with Crippen LogP contribution in [0.4, 0.5) is 17.1 Å². The standard InChI is InChI=1S/C19H17Cl2N3/c20-16-12-7-13-17(21)18(16)24-19(22-14-8-3-1-4-9-14)23-15-10-5-2-6-11-15/h1-13,19,22-24H. The molecule has 0 saturated carbocycles. The van der Waals surface area contributed by atoms with Gasteiger partial charge in [0.15, 0.2) is 6.29 Å². The maximum Gasteiger partial charge on any atom is 0.173 e. The Morgan fingerprint density at radius 2 is 1.00 bits per heavy atom. The van der Waals surface area contributed by atoms with E-state index < -0.39 is 0 Å². The van der Waals surface area contributed by atoms with Crippen LogP contribution < -0.4 is 16.0 Å². The summed E-state index contributed by atoms with van der Waals surface area (Å²) in [6.45, 7) is 0. The fourth-order valence-electron chi connectivity index (χ4n) is 2.29. The fourth-order valence-corrected chi connectivity index (χ4v) is 2.80. The van der Waals surface area contributed by atoms with Crippen molar-refractivity contribution in [2.24, 2.45) is 0 Å². The van der Waals surface area contributed by atoms with E-state index >= 15 is 0 Å². The monoisotopic (exact) mass is 357 g/mol. The molecule has 3 aromatic carbocycles. The van der Waals surface area contributed by atoms with Crippen molar-refractivity contribution in [3.05, 3.63) is 88.9 Å². The molecule has 0 radical (unpaired) electrons. The first-order chi connectivity index (χ1) is 11.7. The zero-order valence-electron chi connectivity index (χ0n) is 12.8. The Balaban J connectivity index is 1.84. The zero-order valence-corrected chi connectivity index (χ0v) is 14.4. The summed E-state index contributed by atoms with van der Waals surface area (Å²) in [6.07, 6.45) is -0.299. The molecule has 0 heterocycles. The van der Waals surface area contributed by atoms with E-state index in [1.54, 1.807) is 12.1 Å². The molecule has 0 aliphatic rings. The molecule has 0 atom stereocenters. The Morgan fingerprint density at radius 3 is 1.46 bits per heavy atom. The van der Waals surface area contributed by atoms with Crippen LogP contribution in [0.2, 0.25) is 10.0 Å². The normalized spacial score (nSPS) is 10.5. The lowest BCUT2D eigenvalue weighted by molar-refractivity contribution is 0.933. The lowest BCUT2D eigenvalue weighted by Gasteiger charge is -2.25. The van der Waals surface area contributed by atoms with Crippen molar-refractivity contribution < 1.29 is 0 Å². The number of rotatable bonds is 6. The van der Waals surface area contributed by atoms with Crippen molar-refractivity contribution in [2.75, 3.05) is 16.0 Å². The summed E-state index contributed by atoms with van der Waals surface area (Å²) in [4.78, 5) is 0. The van der Waals surface area contributed by atoms with Crippen LogP contribution in [0.25, 0.3) is 0 Å². The minimum Gasteiger partial charge on any atom is -0.348 e. The molecule has 3 nitrogen and oxygen atoms in total. The van der Waals surface area contributed by atoms with Crippen molar-refractivity contribution in [3.63, 3.8) is 0 Å². The highest BCUT2D eigenvalue weighted by atomic mass is 35.5. The average molecular weight is 358 g/mol. The van der Waals surface area contributed by atoms with Gasteiger partial charge in [-0.2, -0.15) is 0 Å². The Morgan fingerprint density at radius 1 is 0.542 bits per heavy atom. The Hall–Kier alpha value is -2.36. The van der Waals surface area contributed by atoms with E-state index in [9.17, 15) is 0 Å². The zero-order chi connectivity index (χ0) is 16.8. The van der Waals surface area contributed by atoms with Gasteiger partial charge in [-0.25, -0.2) is 0 Å². The third-order valence-corrected chi connectivity index (χ3v) is 4.05. The van der Waals surface area contributed by atoms with Crippen LogP contribution >= 0.6 is 23.2 Å². The SMILES string of the molecule is Clc1cccc(Cl)c1NC(Nc1ccccc1)Nc1ccccc1. The molecule has 3 aromatic rings. The van der Waals surface area contributed by atoms with E-state index in [0.29, 0.717) is 15.7 Å². The molecule has 0 aliphatic carbocycles. The molecule has 0 unspecified atom stereocenters. The van der Waals surface area contributed by atoms with Gasteiger partial charge in [-0.1, -0.05) is 65.7 Å². The molecule has 0 bridgehead atoms. The van der Waals surface area contributed by atoms with E-state index in [1.165, 1.54) is 0 Å². The Labute approximate surface area is 151 Å². The summed E-state index contributed by atoms with van der Waals surface area (Å²) in [5.74, 6) is 0. The number of benzene rings is 3. The summed E-state index contributed by atoms with van der Waals surface area (Å²) >= 11 is 12.6. The highest BCUT2D eigenvalue weighted by molar-refractivity contribution is 6.39. The lowest BCUT2D eigenvalue weighted by atomic mass is 10.3. The lowest BCUT2D eigenvalue weighted by Crippen LogP contribution is -2.36. The maximum atomic E-state index is 6.28. The molecule has 0 aliphatic heterocycles. The predicted octanol–water partition coefficient (Wildman–Crippen LogP) is 5.91. The van der Waals surface area contributed by atoms with Gasteiger partial charge in [0.2, 0.25) is 0 Å². The minimum absolute atomic E-state index is 0.299. The summed E-state index contributed by atoms with van der Waals surface area (Å²) in [6, 6.07) is 25.3. The van der Waals surface area contributed by atoms with Gasteiger partial charge < -0.3 is 16.0 Å². The molecular weight excluding hydrogens is 341 g/mol. The van der Waals surface area contributed by atoms with E-state index in [0.717, 1.165) is 11.4 Å². The minimum atomic E-state index is -0.299. The van der Waals surface area contributed by atoms with Crippen molar-refractivity contribution in [1.29, 1.82) is 0 Å². The molecule has 122 valence electrons. The van der Waals surface area contributed by atoms with Gasteiger partial charge in [0, 0.05) is 11.4 Å². The second-order valence-corrected chi connectivity index (χ2v) is 6.01. The molecule has 0 fully saturated rings. The molecule has 24 heavy (non-hydrogen) atoms. The first-order valence-electron chi connectivity index (χ1n) is 7.56. The van der Waals surface area contributed by atoms with Crippen LogP contribution in [0.5, 0.6) is 0 Å². The van der Waals surface area contributed by atoms with E-state index in [1.807, 2.05) is 66.7 Å². The Bertz CT molecular complexity index is 717. The van der Waals surface area contributed by atoms with E-state index in [4.69, 9.17) is 23.2 Å². The number of hydrogen-bond donors (Lipinski definition) is 3. The van der Waals surface area contributed by atoms with Crippen LogP contribution in [0.1, 0.15) is 0 Å². The van der Waals surface area contributed by atoms with E-state index in [-0.39, 0.29) is 6.29 Å². The van der Waals surface area contributed by atoms with Crippen molar-refractivity contribution in [1.82, 2.24) is 0 Å². The van der Waals surface area contributed by atoms with Gasteiger partial charge in [-0.15, -0.1) is 0 Å². The highest BCUT2D eigenvalue weighted by Gasteiger charge is 2.12. The van der Waals surface area contributed by atoms with E-state index in [2.05, 4.69) is 16.0 Å². The van der Waals surface area contributed by atoms with Crippen molar-refractivity contribution >= 4 is 40.3 Å². The first-order valence-corrected chi connectivity index (χ1v) is 8.32. The third kappa shape index (κ3) is 4.34. The van der Waals surface area contributed by atoms with Gasteiger partial charge in [0.1, 0.15) is 0 Å². The molecule has 0 aromatic heterocycles. The summed E-state index contributed by atoms with van der Waals surface area (Å²) < 4.78 is 0. The van der Waals surface area contributed by atoms with Crippen LogP contribution in [0.15, 0.2) is 78.9 Å². The van der Waals surface area contributed by atoms with Gasteiger partial charge >= 0.3 is 0 Å². The topological polar surface area (TPSA) is 36.1 Å². The van der Waals surface area contributed by atoms with Gasteiger partial charge in [0.05, 0.1) is 15.7 Å². The number of halogens is 2. The molecule has 3 rings (SSSR count). The summed E-state index contributed by atoms with van der Waals surface area (Å²) in [7, 11) is 0. The van der Waals surface area contributed by atoms with Gasteiger partial charge in [-0.3, -0.25) is 0 Å². The third-order valence-electron chi connectivity index (χ3n) is 3.42. The number of hydrogen-bond acceptors (Lipinski definition) is 3. The van der Waals surface area contributed by atoms with Gasteiger partial charge in [0.25, 0.3) is 0 Å². The average Bonchev–Trinajstić information content (AvgIpc) is 2.60. The smallest absolute Gasteiger partial charge is 0.173 e. The highest BCUT2D eigenvalue weighted by Crippen LogP contribution is 2.30. The summed E-state index contributed by atoms with van der Waals surface area (Å²) in [5.41, 5.74) is 2.63. The first kappa shape index (κ1) is 16.5. The molecule has 0 saturated heterocycles. The molecule has 3 N–H and O–H groups in total. The van der Waals surface area contributed by atoms with Crippen LogP contribution in [0.3, 0.4) is 0 Å². The fraction of sp³-hybridized carbons (Fsp3) is 0.0526. The van der Waals surface area contributed by atoms with Crippen molar-refractivity contribution in [3.8, 4) is 0 Å². The number of nitrogens with one attached hydrogen (secondary N) is 3. The second kappa shape index (κ2) is 7.95. The second-order valence-electron chi connectivity index (χ2n) is 5.19.